The maximum atomic E-state index is 13.5. The van der Waals surface area contributed by atoms with Crippen LogP contribution in [0.1, 0.15) is 30.4 Å². The van der Waals surface area contributed by atoms with Gasteiger partial charge in [-0.3, -0.25) is 4.90 Å². The topological polar surface area (TPSA) is 32.7 Å². The van der Waals surface area contributed by atoms with Crippen molar-refractivity contribution in [2.24, 2.45) is 11.8 Å². The third kappa shape index (κ3) is 3.34. The quantitative estimate of drug-likeness (QED) is 0.876. The Bertz CT molecular complexity index is 794. The third-order valence-corrected chi connectivity index (χ3v) is 6.25. The zero-order chi connectivity index (χ0) is 19.0. The second-order valence-corrected chi connectivity index (χ2v) is 7.82. The lowest BCUT2D eigenvalue weighted by molar-refractivity contribution is -0.148. The zero-order valence-corrected chi connectivity index (χ0v) is 15.5. The number of methoxy groups -OCH3 is 1. The van der Waals surface area contributed by atoms with E-state index in [4.69, 9.17) is 4.74 Å². The van der Waals surface area contributed by atoms with Crippen LogP contribution in [0.5, 0.6) is 5.75 Å². The Kier molecular flexibility index (Phi) is 4.91. The summed E-state index contributed by atoms with van der Waals surface area (Å²) in [5, 5.41) is 11.7. The molecule has 1 saturated heterocycles. The highest BCUT2D eigenvalue weighted by atomic mass is 19.2. The van der Waals surface area contributed by atoms with Gasteiger partial charge in [-0.25, -0.2) is 8.78 Å². The molecule has 4 rings (SSSR count). The lowest BCUT2D eigenvalue weighted by Crippen LogP contribution is -2.57. The second kappa shape index (κ2) is 7.21. The number of rotatable bonds is 4. The van der Waals surface area contributed by atoms with E-state index in [2.05, 4.69) is 4.90 Å². The van der Waals surface area contributed by atoms with Crippen molar-refractivity contribution in [1.29, 1.82) is 0 Å². The molecule has 3 nitrogen and oxygen atoms in total. The van der Waals surface area contributed by atoms with Crippen molar-refractivity contribution >= 4 is 0 Å². The number of benzene rings is 2. The molecule has 0 unspecified atom stereocenters. The number of likely N-dealkylation sites (tertiary alicyclic amines) is 1. The van der Waals surface area contributed by atoms with Gasteiger partial charge < -0.3 is 9.84 Å². The van der Waals surface area contributed by atoms with E-state index in [1.165, 1.54) is 12.1 Å². The maximum Gasteiger partial charge on any atom is 0.159 e. The molecule has 2 fully saturated rings. The van der Waals surface area contributed by atoms with Crippen LogP contribution in [-0.4, -0.2) is 30.2 Å². The molecule has 1 N–H and O–H groups in total. The Morgan fingerprint density at radius 2 is 1.70 bits per heavy atom. The summed E-state index contributed by atoms with van der Waals surface area (Å²) in [6, 6.07) is 11.8. The van der Waals surface area contributed by atoms with E-state index in [0.29, 0.717) is 6.54 Å². The number of nitrogens with zero attached hydrogens (tertiary/aromatic N) is 1. The van der Waals surface area contributed by atoms with Gasteiger partial charge in [0.25, 0.3) is 0 Å². The van der Waals surface area contributed by atoms with E-state index in [9.17, 15) is 13.9 Å². The van der Waals surface area contributed by atoms with E-state index < -0.39 is 17.2 Å². The number of hydrogen-bond donors (Lipinski definition) is 1. The first-order valence-corrected chi connectivity index (χ1v) is 9.54. The SMILES string of the molecule is COc1ccc(C2(O)[C@H]3CCC[C@H]2CN(Cc2ccc(F)c(F)c2)C3)cc1. The summed E-state index contributed by atoms with van der Waals surface area (Å²) < 4.78 is 31.9. The first-order chi connectivity index (χ1) is 13.0. The van der Waals surface area contributed by atoms with Crippen molar-refractivity contribution in [2.45, 2.75) is 31.4 Å². The molecular weight excluding hydrogens is 348 g/mol. The average molecular weight is 373 g/mol. The summed E-state index contributed by atoms with van der Waals surface area (Å²) in [6.07, 6.45) is 3.05. The molecule has 0 aromatic heterocycles. The van der Waals surface area contributed by atoms with Gasteiger partial charge in [0.05, 0.1) is 12.7 Å². The van der Waals surface area contributed by atoms with Crippen molar-refractivity contribution < 1.29 is 18.6 Å². The largest absolute Gasteiger partial charge is 0.497 e. The number of hydrogen-bond acceptors (Lipinski definition) is 3. The molecule has 5 heteroatoms. The molecule has 1 saturated carbocycles. The highest BCUT2D eigenvalue weighted by Gasteiger charge is 2.51. The minimum Gasteiger partial charge on any atom is -0.497 e. The smallest absolute Gasteiger partial charge is 0.159 e. The predicted octanol–water partition coefficient (Wildman–Crippen LogP) is 4.09. The van der Waals surface area contributed by atoms with Gasteiger partial charge in [-0.15, -0.1) is 0 Å². The van der Waals surface area contributed by atoms with Crippen LogP contribution in [0.2, 0.25) is 0 Å². The lowest BCUT2D eigenvalue weighted by atomic mass is 9.62. The summed E-state index contributed by atoms with van der Waals surface area (Å²) in [6.45, 7) is 2.07. The first kappa shape index (κ1) is 18.4. The molecule has 1 heterocycles. The van der Waals surface area contributed by atoms with E-state index in [0.717, 1.165) is 49.2 Å². The molecule has 27 heavy (non-hydrogen) atoms. The molecule has 2 bridgehead atoms. The van der Waals surface area contributed by atoms with Crippen LogP contribution in [0, 0.1) is 23.5 Å². The highest BCUT2D eigenvalue weighted by Crippen LogP contribution is 2.49. The number of fused-ring (bicyclic) bond motifs is 2. The molecule has 1 aliphatic carbocycles. The van der Waals surface area contributed by atoms with Gasteiger partial charge in [-0.2, -0.15) is 0 Å². The number of aliphatic hydroxyl groups is 1. The predicted molar refractivity (Wildman–Crippen MR) is 99.4 cm³/mol. The van der Waals surface area contributed by atoms with Crippen molar-refractivity contribution in [3.05, 3.63) is 65.2 Å². The lowest BCUT2D eigenvalue weighted by Gasteiger charge is -2.53. The molecule has 0 radical (unpaired) electrons. The van der Waals surface area contributed by atoms with Gasteiger partial charge in [0.15, 0.2) is 11.6 Å². The fourth-order valence-electron chi connectivity index (χ4n) is 4.90. The number of ether oxygens (including phenoxy) is 1. The standard InChI is InChI=1S/C22H25F2NO2/c1-27-19-8-6-16(7-9-19)22(26)17-3-2-4-18(22)14-25(13-17)12-15-5-10-20(23)21(24)11-15/h5-11,17-18,26H,2-4,12-14H2,1H3/t17-,18-/m0/s1. The molecule has 144 valence electrons. The number of halogens is 2. The summed E-state index contributed by atoms with van der Waals surface area (Å²) in [4.78, 5) is 2.26. The Morgan fingerprint density at radius 1 is 1.04 bits per heavy atom. The number of piperidine rings is 1. The van der Waals surface area contributed by atoms with Crippen LogP contribution in [-0.2, 0) is 12.1 Å². The van der Waals surface area contributed by atoms with Crippen LogP contribution < -0.4 is 4.74 Å². The summed E-state index contributed by atoms with van der Waals surface area (Å²) >= 11 is 0. The average Bonchev–Trinajstić information content (AvgIpc) is 2.66. The van der Waals surface area contributed by atoms with Crippen LogP contribution in [0.15, 0.2) is 42.5 Å². The zero-order valence-electron chi connectivity index (χ0n) is 15.5. The summed E-state index contributed by atoms with van der Waals surface area (Å²) in [5.74, 6) is -0.585. The Hall–Kier alpha value is -1.98. The molecule has 2 atom stereocenters. The van der Waals surface area contributed by atoms with Crippen LogP contribution >= 0.6 is 0 Å². The molecule has 2 aliphatic rings. The molecule has 0 amide bonds. The second-order valence-electron chi connectivity index (χ2n) is 7.82. The Morgan fingerprint density at radius 3 is 2.30 bits per heavy atom. The van der Waals surface area contributed by atoms with E-state index in [-0.39, 0.29) is 11.8 Å². The van der Waals surface area contributed by atoms with Crippen molar-refractivity contribution in [3.8, 4) is 5.75 Å². The third-order valence-electron chi connectivity index (χ3n) is 6.25. The van der Waals surface area contributed by atoms with Crippen LogP contribution in [0.25, 0.3) is 0 Å². The van der Waals surface area contributed by atoms with Crippen LogP contribution in [0.3, 0.4) is 0 Å². The van der Waals surface area contributed by atoms with Gasteiger partial charge in [0, 0.05) is 31.5 Å². The highest BCUT2D eigenvalue weighted by molar-refractivity contribution is 5.33. The van der Waals surface area contributed by atoms with E-state index in [1.54, 1.807) is 13.2 Å². The molecular formula is C22H25F2NO2. The minimum absolute atomic E-state index is 0.128. The van der Waals surface area contributed by atoms with Gasteiger partial charge in [-0.05, 0) is 48.2 Å². The Labute approximate surface area is 158 Å². The molecule has 2 aromatic carbocycles. The summed E-state index contributed by atoms with van der Waals surface area (Å²) in [7, 11) is 1.63. The van der Waals surface area contributed by atoms with E-state index >= 15 is 0 Å². The minimum atomic E-state index is -0.838. The van der Waals surface area contributed by atoms with Gasteiger partial charge in [0.2, 0.25) is 0 Å². The molecule has 1 aliphatic heterocycles. The Balaban J connectivity index is 1.55. The normalized spacial score (nSPS) is 28.1. The maximum absolute atomic E-state index is 13.5. The fourth-order valence-corrected chi connectivity index (χ4v) is 4.90. The summed E-state index contributed by atoms with van der Waals surface area (Å²) in [5.41, 5.74) is 0.877. The first-order valence-electron chi connectivity index (χ1n) is 9.54. The molecule has 2 aromatic rings. The van der Waals surface area contributed by atoms with Crippen molar-refractivity contribution in [2.75, 3.05) is 20.2 Å². The molecule has 0 spiro atoms. The van der Waals surface area contributed by atoms with Gasteiger partial charge >= 0.3 is 0 Å². The van der Waals surface area contributed by atoms with E-state index in [1.807, 2.05) is 24.3 Å². The van der Waals surface area contributed by atoms with Gasteiger partial charge in [0.1, 0.15) is 5.75 Å². The fraction of sp³-hybridized carbons (Fsp3) is 0.455. The van der Waals surface area contributed by atoms with Gasteiger partial charge in [-0.1, -0.05) is 24.6 Å². The van der Waals surface area contributed by atoms with Crippen molar-refractivity contribution in [1.82, 2.24) is 4.90 Å². The van der Waals surface area contributed by atoms with Crippen molar-refractivity contribution in [3.63, 3.8) is 0 Å². The van der Waals surface area contributed by atoms with Crippen LogP contribution in [0.4, 0.5) is 8.78 Å². The monoisotopic (exact) mass is 373 g/mol.